The van der Waals surface area contributed by atoms with Crippen LogP contribution in [0.2, 0.25) is 0 Å². The molecule has 0 aliphatic rings. The highest BCUT2D eigenvalue weighted by Crippen LogP contribution is 2.27. The molecule has 0 aliphatic carbocycles. The highest BCUT2D eigenvalue weighted by Gasteiger charge is 2.15. The van der Waals surface area contributed by atoms with Crippen LogP contribution in [-0.2, 0) is 6.42 Å². The van der Waals surface area contributed by atoms with Crippen molar-refractivity contribution in [2.45, 2.75) is 19.4 Å². The average Bonchev–Trinajstić information content (AvgIpc) is 2.43. The molecule has 2 aromatic rings. The lowest BCUT2D eigenvalue weighted by Crippen LogP contribution is -2.23. The van der Waals surface area contributed by atoms with Crippen LogP contribution < -0.4 is 5.32 Å². The summed E-state index contributed by atoms with van der Waals surface area (Å²) in [5, 5.41) is 3.54. The Morgan fingerprint density at radius 1 is 1.25 bits per heavy atom. The summed E-state index contributed by atoms with van der Waals surface area (Å²) in [5.74, 6) is 0. The van der Waals surface area contributed by atoms with E-state index in [2.05, 4.69) is 95.9 Å². The molecule has 1 unspecified atom stereocenters. The average molecular weight is 510 g/mol. The molecule has 0 spiro atoms. The van der Waals surface area contributed by atoms with E-state index in [0.29, 0.717) is 0 Å². The van der Waals surface area contributed by atoms with E-state index >= 15 is 0 Å². The number of nitrogens with zero attached hydrogens (tertiary/aromatic N) is 1. The molecule has 106 valence electrons. The lowest BCUT2D eigenvalue weighted by atomic mass is 10.0. The summed E-state index contributed by atoms with van der Waals surface area (Å²) in [6, 6.07) is 10.8. The highest BCUT2D eigenvalue weighted by atomic mass is 127. The summed E-state index contributed by atoms with van der Waals surface area (Å²) in [4.78, 5) is 4.47. The molecule has 1 atom stereocenters. The number of aromatic nitrogens is 1. The van der Waals surface area contributed by atoms with Crippen LogP contribution in [0.15, 0.2) is 45.5 Å². The van der Waals surface area contributed by atoms with Crippen LogP contribution in [-0.4, -0.2) is 11.5 Å². The molecule has 0 bridgehead atoms. The van der Waals surface area contributed by atoms with Gasteiger partial charge in [0.25, 0.3) is 0 Å². The number of benzene rings is 1. The third-order valence-corrected chi connectivity index (χ3v) is 4.85. The predicted molar refractivity (Wildman–Crippen MR) is 98.9 cm³/mol. The molecule has 1 aromatic carbocycles. The molecule has 0 saturated carbocycles. The molecular formula is C15H15Br2IN2. The SMILES string of the molecule is CCNC(Cc1ccc(Br)cn1)c1cc(I)ccc1Br. The molecule has 2 rings (SSSR count). The molecule has 0 fully saturated rings. The first-order chi connectivity index (χ1) is 9.60. The first-order valence-electron chi connectivity index (χ1n) is 6.39. The van der Waals surface area contributed by atoms with Crippen molar-refractivity contribution < 1.29 is 0 Å². The zero-order valence-corrected chi connectivity index (χ0v) is 16.4. The predicted octanol–water partition coefficient (Wildman–Crippen LogP) is 5.10. The molecule has 20 heavy (non-hydrogen) atoms. The number of pyridine rings is 1. The van der Waals surface area contributed by atoms with Gasteiger partial charge in [-0.3, -0.25) is 4.98 Å². The van der Waals surface area contributed by atoms with Gasteiger partial charge in [0, 0.05) is 36.9 Å². The van der Waals surface area contributed by atoms with E-state index in [1.54, 1.807) is 0 Å². The van der Waals surface area contributed by atoms with E-state index in [1.807, 2.05) is 12.3 Å². The van der Waals surface area contributed by atoms with Gasteiger partial charge in [-0.25, -0.2) is 0 Å². The maximum atomic E-state index is 4.47. The topological polar surface area (TPSA) is 24.9 Å². The molecule has 0 saturated heterocycles. The van der Waals surface area contributed by atoms with Crippen molar-refractivity contribution in [3.8, 4) is 0 Å². The smallest absolute Gasteiger partial charge is 0.0423 e. The summed E-state index contributed by atoms with van der Waals surface area (Å²) in [5.41, 5.74) is 2.37. The van der Waals surface area contributed by atoms with Gasteiger partial charge in [0.2, 0.25) is 0 Å². The summed E-state index contributed by atoms with van der Waals surface area (Å²) in [6.07, 6.45) is 2.72. The number of halogens is 3. The van der Waals surface area contributed by atoms with E-state index in [0.717, 1.165) is 27.6 Å². The van der Waals surface area contributed by atoms with Gasteiger partial charge in [0.05, 0.1) is 0 Å². The van der Waals surface area contributed by atoms with Gasteiger partial charge in [-0.1, -0.05) is 22.9 Å². The van der Waals surface area contributed by atoms with E-state index in [4.69, 9.17) is 0 Å². The van der Waals surface area contributed by atoms with Crippen LogP contribution in [0.5, 0.6) is 0 Å². The van der Waals surface area contributed by atoms with Crippen molar-refractivity contribution >= 4 is 54.5 Å². The third kappa shape index (κ3) is 4.51. The number of rotatable bonds is 5. The van der Waals surface area contributed by atoms with Crippen molar-refractivity contribution in [1.82, 2.24) is 10.3 Å². The number of hydrogen-bond donors (Lipinski definition) is 1. The Labute approximate surface area is 150 Å². The number of nitrogens with one attached hydrogen (secondary N) is 1. The lowest BCUT2D eigenvalue weighted by Gasteiger charge is -2.20. The van der Waals surface area contributed by atoms with Crippen LogP contribution in [0, 0.1) is 3.57 Å². The van der Waals surface area contributed by atoms with Gasteiger partial charge >= 0.3 is 0 Å². The van der Waals surface area contributed by atoms with Crippen molar-refractivity contribution in [1.29, 1.82) is 0 Å². The van der Waals surface area contributed by atoms with E-state index < -0.39 is 0 Å². The Balaban J connectivity index is 2.26. The quantitative estimate of drug-likeness (QED) is 0.567. The van der Waals surface area contributed by atoms with Gasteiger partial charge in [-0.2, -0.15) is 0 Å². The van der Waals surface area contributed by atoms with Crippen LogP contribution in [0.25, 0.3) is 0 Å². The summed E-state index contributed by atoms with van der Waals surface area (Å²) in [7, 11) is 0. The Morgan fingerprint density at radius 3 is 2.70 bits per heavy atom. The first kappa shape index (κ1) is 16.4. The van der Waals surface area contributed by atoms with Gasteiger partial charge < -0.3 is 5.32 Å². The van der Waals surface area contributed by atoms with Gasteiger partial charge in [0.1, 0.15) is 0 Å². The van der Waals surface area contributed by atoms with Crippen molar-refractivity contribution in [3.63, 3.8) is 0 Å². The monoisotopic (exact) mass is 508 g/mol. The third-order valence-electron chi connectivity index (χ3n) is 2.99. The van der Waals surface area contributed by atoms with Crippen LogP contribution in [0.4, 0.5) is 0 Å². The lowest BCUT2D eigenvalue weighted by molar-refractivity contribution is 0.542. The standard InChI is InChI=1S/C15H15Br2IN2/c1-2-19-15(8-12-5-3-10(16)9-20-12)13-7-11(18)4-6-14(13)17/h3-7,9,15,19H,2,8H2,1H3. The molecule has 1 heterocycles. The minimum atomic E-state index is 0.262. The molecule has 0 radical (unpaired) electrons. The Bertz CT molecular complexity index is 573. The van der Waals surface area contributed by atoms with Gasteiger partial charge in [0.15, 0.2) is 0 Å². The maximum Gasteiger partial charge on any atom is 0.0423 e. The largest absolute Gasteiger partial charge is 0.310 e. The van der Waals surface area contributed by atoms with Crippen molar-refractivity contribution in [3.05, 3.63) is 60.3 Å². The van der Waals surface area contributed by atoms with E-state index in [-0.39, 0.29) is 6.04 Å². The summed E-state index contributed by atoms with van der Waals surface area (Å²) in [6.45, 7) is 3.06. The second kappa shape index (κ2) is 7.87. The van der Waals surface area contributed by atoms with Crippen LogP contribution >= 0.6 is 54.5 Å². The Morgan fingerprint density at radius 2 is 2.05 bits per heavy atom. The minimum absolute atomic E-state index is 0.262. The Kier molecular flexibility index (Phi) is 6.45. The van der Waals surface area contributed by atoms with E-state index in [9.17, 15) is 0 Å². The van der Waals surface area contributed by atoms with Crippen LogP contribution in [0.3, 0.4) is 0 Å². The Hall–Kier alpha value is 0.0200. The second-order valence-electron chi connectivity index (χ2n) is 4.45. The fourth-order valence-electron chi connectivity index (χ4n) is 2.06. The summed E-state index contributed by atoms with van der Waals surface area (Å²) >= 11 is 9.43. The molecule has 2 nitrogen and oxygen atoms in total. The molecular weight excluding hydrogens is 495 g/mol. The van der Waals surface area contributed by atoms with Gasteiger partial charge in [-0.05, 0) is 81.0 Å². The first-order valence-corrected chi connectivity index (χ1v) is 9.05. The molecule has 0 amide bonds. The number of likely N-dealkylation sites (N-methyl/N-ethyl adjacent to an activating group) is 1. The second-order valence-corrected chi connectivity index (χ2v) is 7.46. The van der Waals surface area contributed by atoms with Crippen LogP contribution in [0.1, 0.15) is 24.2 Å². The zero-order valence-electron chi connectivity index (χ0n) is 11.0. The minimum Gasteiger partial charge on any atom is -0.310 e. The fourth-order valence-corrected chi connectivity index (χ4v) is 3.33. The molecule has 1 N–H and O–H groups in total. The van der Waals surface area contributed by atoms with E-state index in [1.165, 1.54) is 9.13 Å². The number of hydrogen-bond acceptors (Lipinski definition) is 2. The fraction of sp³-hybridized carbons (Fsp3) is 0.267. The summed E-state index contributed by atoms with van der Waals surface area (Å²) < 4.78 is 3.39. The normalized spacial score (nSPS) is 12.4. The highest BCUT2D eigenvalue weighted by molar-refractivity contribution is 14.1. The molecule has 5 heteroatoms. The van der Waals surface area contributed by atoms with Crippen molar-refractivity contribution in [2.24, 2.45) is 0 Å². The molecule has 1 aromatic heterocycles. The molecule has 0 aliphatic heterocycles. The zero-order chi connectivity index (χ0) is 14.5. The van der Waals surface area contributed by atoms with Crippen molar-refractivity contribution in [2.75, 3.05) is 6.54 Å². The maximum absolute atomic E-state index is 4.47. The van der Waals surface area contributed by atoms with Gasteiger partial charge in [-0.15, -0.1) is 0 Å².